The van der Waals surface area contributed by atoms with Gasteiger partial charge in [0.2, 0.25) is 0 Å². The third-order valence-corrected chi connectivity index (χ3v) is 14.7. The van der Waals surface area contributed by atoms with Crippen LogP contribution >= 0.6 is 0 Å². The summed E-state index contributed by atoms with van der Waals surface area (Å²) in [7, 11) is 0.331. The molecule has 1 fully saturated rings. The van der Waals surface area contributed by atoms with E-state index in [0.717, 1.165) is 37.0 Å². The summed E-state index contributed by atoms with van der Waals surface area (Å²) in [5.74, 6) is -0.425. The lowest BCUT2D eigenvalue weighted by Crippen LogP contribution is -2.51. The Kier molecular flexibility index (Phi) is 7.91. The van der Waals surface area contributed by atoms with E-state index in [1.165, 1.54) is 31.8 Å². The molecule has 0 radical (unpaired) electrons. The number of carbonyl (C=O) groups excluding carboxylic acids is 2. The van der Waals surface area contributed by atoms with Crippen molar-refractivity contribution in [3.05, 3.63) is 34.6 Å². The second-order valence-electron chi connectivity index (χ2n) is 11.3. The largest absolute Gasteiger partial charge is 0.545 e. The fourth-order valence-corrected chi connectivity index (χ4v) is 12.5. The zero-order chi connectivity index (χ0) is 25.4. The van der Waals surface area contributed by atoms with Crippen LogP contribution in [0.4, 0.5) is 0 Å². The normalized spacial score (nSPS) is 24.4. The molecule has 0 aromatic carbocycles. The molecule has 5 nitrogen and oxygen atoms in total. The average molecular weight is 489 g/mol. The molecule has 34 heavy (non-hydrogen) atoms. The summed E-state index contributed by atoms with van der Waals surface area (Å²) in [4.78, 5) is 26.8. The Morgan fingerprint density at radius 1 is 0.971 bits per heavy atom. The molecule has 3 aliphatic rings. The van der Waals surface area contributed by atoms with E-state index in [0.29, 0.717) is 22.5 Å². The van der Waals surface area contributed by atoms with Gasteiger partial charge in [0.05, 0.1) is 25.9 Å². The van der Waals surface area contributed by atoms with Crippen LogP contribution in [0, 0.1) is 17.3 Å². The Morgan fingerprint density at radius 2 is 1.53 bits per heavy atom. The Balaban J connectivity index is 2.35. The van der Waals surface area contributed by atoms with E-state index in [1.54, 1.807) is 6.08 Å². The van der Waals surface area contributed by atoms with E-state index in [1.807, 2.05) is 6.08 Å². The maximum Gasteiger partial charge on any atom is 0.328 e. The second kappa shape index (κ2) is 10.0. The highest BCUT2D eigenvalue weighted by molar-refractivity contribution is 6.77. The van der Waals surface area contributed by atoms with Crippen molar-refractivity contribution < 1.29 is 23.5 Å². The number of carbonyl (C=O) groups is 2. The molecule has 6 heteroatoms. The van der Waals surface area contributed by atoms with Crippen LogP contribution in [0.3, 0.4) is 0 Å². The minimum Gasteiger partial charge on any atom is -0.545 e. The predicted octanol–water partition coefficient (Wildman–Crippen LogP) is 6.86. The van der Waals surface area contributed by atoms with Gasteiger partial charge in [-0.2, -0.15) is 0 Å². The Bertz CT molecular complexity index is 870. The summed E-state index contributed by atoms with van der Waals surface area (Å²) >= 11 is 0. The number of ether oxygens (including phenoxy) is 2. The summed E-state index contributed by atoms with van der Waals surface area (Å²) in [5.41, 5.74) is 3.13. The first-order chi connectivity index (χ1) is 16.0. The number of allylic oxidation sites excluding steroid dienone is 4. The van der Waals surface area contributed by atoms with Crippen molar-refractivity contribution in [3.8, 4) is 0 Å². The fourth-order valence-electron chi connectivity index (χ4n) is 7.16. The molecule has 3 rings (SSSR count). The number of rotatable bonds is 7. The van der Waals surface area contributed by atoms with Crippen molar-refractivity contribution in [3.63, 3.8) is 0 Å². The summed E-state index contributed by atoms with van der Waals surface area (Å²) in [6, 6.07) is 0. The lowest BCUT2D eigenvalue weighted by molar-refractivity contribution is -0.167. The van der Waals surface area contributed by atoms with Crippen molar-refractivity contribution >= 4 is 20.3 Å². The molecule has 0 heterocycles. The highest BCUT2D eigenvalue weighted by Gasteiger charge is 2.61. The maximum atomic E-state index is 13.4. The number of hydrogen-bond acceptors (Lipinski definition) is 5. The zero-order valence-electron chi connectivity index (χ0n) is 22.6. The Morgan fingerprint density at radius 3 is 2.03 bits per heavy atom. The molecule has 0 N–H and O–H groups in total. The first-order valence-corrected chi connectivity index (χ1v) is 15.1. The molecule has 190 valence electrons. The third-order valence-electron chi connectivity index (χ3n) is 8.70. The van der Waals surface area contributed by atoms with E-state index in [-0.39, 0.29) is 0 Å². The summed E-state index contributed by atoms with van der Waals surface area (Å²) < 4.78 is 18.0. The number of esters is 2. The summed E-state index contributed by atoms with van der Waals surface area (Å²) in [6.45, 7) is 15.8. The molecule has 0 aromatic heterocycles. The Hall–Kier alpha value is -1.82. The van der Waals surface area contributed by atoms with E-state index in [4.69, 9.17) is 13.9 Å². The van der Waals surface area contributed by atoms with Crippen molar-refractivity contribution in [1.29, 1.82) is 0 Å². The van der Waals surface area contributed by atoms with E-state index >= 15 is 0 Å². The molecule has 0 amide bonds. The molecular formula is C28H44O5Si. The first kappa shape index (κ1) is 26.8. The maximum absolute atomic E-state index is 13.4. The lowest BCUT2D eigenvalue weighted by Gasteiger charge is -2.46. The smallest absolute Gasteiger partial charge is 0.328 e. The zero-order valence-corrected chi connectivity index (χ0v) is 23.6. The highest BCUT2D eigenvalue weighted by atomic mass is 28.4. The first-order valence-electron chi connectivity index (χ1n) is 13.0. The molecule has 0 spiro atoms. The van der Waals surface area contributed by atoms with Gasteiger partial charge in [0.15, 0.2) is 5.41 Å². The molecule has 3 aliphatic carbocycles. The van der Waals surface area contributed by atoms with Crippen LogP contribution in [-0.4, -0.2) is 34.5 Å². The average Bonchev–Trinajstić information content (AvgIpc) is 3.15. The van der Waals surface area contributed by atoms with E-state index in [9.17, 15) is 9.59 Å². The molecule has 0 bridgehead atoms. The van der Waals surface area contributed by atoms with Crippen LogP contribution in [0.5, 0.6) is 0 Å². The van der Waals surface area contributed by atoms with Crippen molar-refractivity contribution in [1.82, 2.24) is 0 Å². The lowest BCUT2D eigenvalue weighted by atomic mass is 9.73. The highest BCUT2D eigenvalue weighted by Crippen LogP contribution is 2.56. The van der Waals surface area contributed by atoms with Crippen LogP contribution in [-0.2, 0) is 23.5 Å². The summed E-state index contributed by atoms with van der Waals surface area (Å²) in [5, 5.41) is 0. The van der Waals surface area contributed by atoms with Gasteiger partial charge in [0.1, 0.15) is 0 Å². The van der Waals surface area contributed by atoms with Gasteiger partial charge in [0.25, 0.3) is 8.32 Å². The Labute approximate surface area is 207 Å². The van der Waals surface area contributed by atoms with Crippen molar-refractivity contribution in [2.45, 2.75) is 97.2 Å². The number of hydrogen-bond donors (Lipinski definition) is 0. The minimum atomic E-state index is -2.36. The van der Waals surface area contributed by atoms with Gasteiger partial charge < -0.3 is 13.9 Å². The van der Waals surface area contributed by atoms with Gasteiger partial charge in [0, 0.05) is 0 Å². The second-order valence-corrected chi connectivity index (χ2v) is 16.7. The van der Waals surface area contributed by atoms with Gasteiger partial charge in [-0.1, -0.05) is 65.7 Å². The number of fused-ring (bicyclic) bond motifs is 2. The van der Waals surface area contributed by atoms with Crippen LogP contribution in [0.25, 0.3) is 0 Å². The minimum absolute atomic E-state index is 0.374. The van der Waals surface area contributed by atoms with Gasteiger partial charge in [-0.05, 0) is 66.3 Å². The van der Waals surface area contributed by atoms with Gasteiger partial charge >= 0.3 is 11.9 Å². The van der Waals surface area contributed by atoms with Gasteiger partial charge in [-0.25, -0.2) is 0 Å². The standard InChI is InChI=1S/C28H44O5Si/c1-17(2)34(18(3)4,19(5)6)33-25-23-13-11-10-12-21(23)16-20(7)22-14-15-28(24(22)25,26(29)31-8)27(30)32-9/h14-15,17-19,21,24H,10-13,16H2,1-9H3/t21-,24+/m0/s1. The van der Waals surface area contributed by atoms with E-state index in [2.05, 4.69) is 48.5 Å². The van der Waals surface area contributed by atoms with Gasteiger partial charge in [-0.15, -0.1) is 0 Å². The predicted molar refractivity (Wildman–Crippen MR) is 138 cm³/mol. The molecule has 2 atom stereocenters. The SMILES string of the molecule is COC(=O)C1(C(=O)OC)C=CC2=C(C)C[C@@H]3CCCCC3=C(O[Si](C(C)C)(C(C)C)C(C)C)[C@@H]21. The topological polar surface area (TPSA) is 61.8 Å². The molecule has 1 saturated carbocycles. The van der Waals surface area contributed by atoms with Crippen LogP contribution in [0.15, 0.2) is 34.6 Å². The fraction of sp³-hybridized carbons (Fsp3) is 0.714. The quantitative estimate of drug-likeness (QED) is 0.222. The van der Waals surface area contributed by atoms with Crippen molar-refractivity contribution in [2.75, 3.05) is 14.2 Å². The third kappa shape index (κ3) is 4.00. The van der Waals surface area contributed by atoms with Crippen LogP contribution in [0.1, 0.15) is 80.6 Å². The number of methoxy groups -OCH3 is 2. The molecule has 0 aliphatic heterocycles. The molecule has 0 aromatic rings. The van der Waals surface area contributed by atoms with Crippen LogP contribution < -0.4 is 0 Å². The van der Waals surface area contributed by atoms with Crippen LogP contribution in [0.2, 0.25) is 16.6 Å². The molecule has 0 unspecified atom stereocenters. The molecule has 0 saturated heterocycles. The van der Waals surface area contributed by atoms with E-state index < -0.39 is 31.6 Å². The van der Waals surface area contributed by atoms with Gasteiger partial charge in [-0.3, -0.25) is 9.59 Å². The van der Waals surface area contributed by atoms with Crippen molar-refractivity contribution in [2.24, 2.45) is 17.3 Å². The summed E-state index contributed by atoms with van der Waals surface area (Å²) in [6.07, 6.45) is 8.99. The molecular weight excluding hydrogens is 444 g/mol. The monoisotopic (exact) mass is 488 g/mol.